The van der Waals surface area contributed by atoms with E-state index >= 15 is 0 Å². The zero-order chi connectivity index (χ0) is 30.1. The van der Waals surface area contributed by atoms with Gasteiger partial charge in [-0.1, -0.05) is 50.1 Å². The first-order chi connectivity index (χ1) is 19.5. The summed E-state index contributed by atoms with van der Waals surface area (Å²) < 4.78 is 20.9. The molecule has 3 rings (SSSR count). The van der Waals surface area contributed by atoms with Gasteiger partial charge < -0.3 is 18.9 Å². The van der Waals surface area contributed by atoms with Crippen LogP contribution >= 0.6 is 0 Å². The van der Waals surface area contributed by atoms with Crippen molar-refractivity contribution in [2.45, 2.75) is 20.8 Å². The average Bonchev–Trinajstić information content (AvgIpc) is 2.95. The van der Waals surface area contributed by atoms with Gasteiger partial charge in [-0.3, -0.25) is 0 Å². The maximum atomic E-state index is 13.0. The van der Waals surface area contributed by atoms with Gasteiger partial charge in [0.05, 0.1) is 5.56 Å². The molecule has 0 radical (unpaired) electrons. The molecule has 0 heterocycles. The van der Waals surface area contributed by atoms with Crippen molar-refractivity contribution in [1.29, 1.82) is 0 Å². The highest BCUT2D eigenvalue weighted by atomic mass is 16.6. The Morgan fingerprint density at radius 2 is 1.00 bits per heavy atom. The number of ether oxygens (including phenoxy) is 4. The molecule has 0 fully saturated rings. The van der Waals surface area contributed by atoms with Gasteiger partial charge in [-0.25, -0.2) is 19.2 Å². The summed E-state index contributed by atoms with van der Waals surface area (Å²) in [5.74, 6) is -1.56. The second kappa shape index (κ2) is 13.7. The number of benzene rings is 3. The van der Waals surface area contributed by atoms with E-state index in [2.05, 4.69) is 19.7 Å². The van der Waals surface area contributed by atoms with Crippen molar-refractivity contribution in [3.05, 3.63) is 109 Å². The van der Waals surface area contributed by atoms with Gasteiger partial charge >= 0.3 is 23.9 Å². The third-order valence-electron chi connectivity index (χ3n) is 5.61. The van der Waals surface area contributed by atoms with Crippen molar-refractivity contribution in [2.24, 2.45) is 0 Å². The van der Waals surface area contributed by atoms with Crippen LogP contribution in [0, 0.1) is 0 Å². The number of hydrogen-bond acceptors (Lipinski definition) is 8. The lowest BCUT2D eigenvalue weighted by Gasteiger charge is -2.14. The van der Waals surface area contributed by atoms with Crippen molar-refractivity contribution >= 4 is 23.9 Å². The van der Waals surface area contributed by atoms with Crippen LogP contribution in [0.3, 0.4) is 0 Å². The Morgan fingerprint density at radius 3 is 1.49 bits per heavy atom. The molecule has 0 aliphatic heterocycles. The Kier molecular flexibility index (Phi) is 10.1. The van der Waals surface area contributed by atoms with Gasteiger partial charge in [0.25, 0.3) is 0 Å². The summed E-state index contributed by atoms with van der Waals surface area (Å²) in [5.41, 5.74) is 3.88. The van der Waals surface area contributed by atoms with E-state index in [1.54, 1.807) is 74.5 Å². The molecule has 3 aromatic carbocycles. The van der Waals surface area contributed by atoms with Gasteiger partial charge in [0.2, 0.25) is 0 Å². The zero-order valence-corrected chi connectivity index (χ0v) is 23.2. The van der Waals surface area contributed by atoms with E-state index in [0.717, 1.165) is 11.1 Å². The van der Waals surface area contributed by atoms with E-state index in [9.17, 15) is 19.2 Å². The summed E-state index contributed by atoms with van der Waals surface area (Å²) in [7, 11) is 0. The number of rotatable bonds is 11. The molecule has 3 aromatic rings. The Bertz CT molecular complexity index is 1510. The van der Waals surface area contributed by atoms with Crippen LogP contribution in [0.25, 0.3) is 22.3 Å². The molecule has 0 N–H and O–H groups in total. The van der Waals surface area contributed by atoms with Crippen LogP contribution in [-0.4, -0.2) is 37.1 Å². The molecule has 0 aromatic heterocycles. The number of hydrogen-bond donors (Lipinski definition) is 0. The number of esters is 4. The van der Waals surface area contributed by atoms with Gasteiger partial charge in [0.1, 0.15) is 24.7 Å². The molecule has 41 heavy (non-hydrogen) atoms. The minimum atomic E-state index is -0.613. The summed E-state index contributed by atoms with van der Waals surface area (Å²) in [6.45, 7) is 15.0. The van der Waals surface area contributed by atoms with Gasteiger partial charge in [-0.15, -0.1) is 0 Å². The lowest BCUT2D eigenvalue weighted by molar-refractivity contribution is -0.140. The molecule has 8 nitrogen and oxygen atoms in total. The Balaban J connectivity index is 1.90. The standard InChI is InChI=1S/C33H30O8/c1-20(2)30(34)38-17-18-39-33(37)28-16-11-25(23-7-12-26(13-8-23)40-31(35)21(3)4)19-29(28)24-9-14-27(15-10-24)41-32(36)22(5)6/h7-16,19H,1,3,5,17-18H2,2,4,6H3. The van der Waals surface area contributed by atoms with Crippen molar-refractivity contribution in [1.82, 2.24) is 0 Å². The molecule has 0 aliphatic carbocycles. The molecule has 0 saturated carbocycles. The fourth-order valence-electron chi connectivity index (χ4n) is 3.42. The highest BCUT2D eigenvalue weighted by Gasteiger charge is 2.17. The van der Waals surface area contributed by atoms with Gasteiger partial charge in [0.15, 0.2) is 0 Å². The summed E-state index contributed by atoms with van der Waals surface area (Å²) in [6, 6.07) is 18.8. The molecule has 0 unspecified atom stereocenters. The molecule has 210 valence electrons. The summed E-state index contributed by atoms with van der Waals surface area (Å²) in [5, 5.41) is 0. The van der Waals surface area contributed by atoms with Crippen LogP contribution in [0.5, 0.6) is 11.5 Å². The third kappa shape index (κ3) is 8.37. The smallest absolute Gasteiger partial charge is 0.338 e. The maximum Gasteiger partial charge on any atom is 0.338 e. The van der Waals surface area contributed by atoms with Crippen molar-refractivity contribution in [3.63, 3.8) is 0 Å². The highest BCUT2D eigenvalue weighted by molar-refractivity contribution is 5.99. The second-order valence-corrected chi connectivity index (χ2v) is 9.20. The minimum absolute atomic E-state index is 0.115. The predicted molar refractivity (Wildman–Crippen MR) is 154 cm³/mol. The fraction of sp³-hybridized carbons (Fsp3) is 0.152. The number of carbonyl (C=O) groups is 4. The first-order valence-electron chi connectivity index (χ1n) is 12.6. The van der Waals surface area contributed by atoms with Crippen LogP contribution in [0.2, 0.25) is 0 Å². The van der Waals surface area contributed by atoms with E-state index in [1.165, 1.54) is 6.92 Å². The lowest BCUT2D eigenvalue weighted by Crippen LogP contribution is -2.15. The highest BCUT2D eigenvalue weighted by Crippen LogP contribution is 2.32. The van der Waals surface area contributed by atoms with Gasteiger partial charge in [-0.2, -0.15) is 0 Å². The molecule has 0 atom stereocenters. The van der Waals surface area contributed by atoms with Gasteiger partial charge in [-0.05, 0) is 79.4 Å². The van der Waals surface area contributed by atoms with Crippen molar-refractivity contribution in [3.8, 4) is 33.8 Å². The maximum absolute atomic E-state index is 13.0. The number of carbonyl (C=O) groups excluding carboxylic acids is 4. The Morgan fingerprint density at radius 1 is 0.561 bits per heavy atom. The first kappa shape index (κ1) is 30.3. The van der Waals surface area contributed by atoms with Crippen molar-refractivity contribution in [2.75, 3.05) is 13.2 Å². The fourth-order valence-corrected chi connectivity index (χ4v) is 3.42. The molecular formula is C33H30O8. The van der Waals surface area contributed by atoms with Crippen LogP contribution in [0.1, 0.15) is 31.1 Å². The van der Waals surface area contributed by atoms with Gasteiger partial charge in [0, 0.05) is 16.7 Å². The average molecular weight is 555 g/mol. The molecule has 0 spiro atoms. The Hall–Kier alpha value is -5.24. The topological polar surface area (TPSA) is 105 Å². The van der Waals surface area contributed by atoms with Crippen LogP contribution in [0.4, 0.5) is 0 Å². The normalized spacial score (nSPS) is 10.2. The van der Waals surface area contributed by atoms with Crippen LogP contribution in [-0.2, 0) is 23.9 Å². The Labute approximate surface area is 238 Å². The summed E-state index contributed by atoms with van der Waals surface area (Å²) in [6.07, 6.45) is 0. The quantitative estimate of drug-likeness (QED) is 0.118. The summed E-state index contributed by atoms with van der Waals surface area (Å²) >= 11 is 0. The first-order valence-corrected chi connectivity index (χ1v) is 12.6. The monoisotopic (exact) mass is 554 g/mol. The molecule has 0 saturated heterocycles. The van der Waals surface area contributed by atoms with E-state index < -0.39 is 23.9 Å². The SMILES string of the molecule is C=C(C)C(=O)OCCOC(=O)c1ccc(-c2ccc(OC(=O)C(=C)C)cc2)cc1-c1ccc(OC(=O)C(=C)C)cc1. The largest absolute Gasteiger partial charge is 0.459 e. The van der Waals surface area contributed by atoms with E-state index in [1.807, 2.05) is 6.07 Å². The van der Waals surface area contributed by atoms with E-state index in [-0.39, 0.29) is 35.5 Å². The predicted octanol–water partition coefficient (Wildman–Crippen LogP) is 6.26. The molecular weight excluding hydrogens is 524 g/mol. The zero-order valence-electron chi connectivity index (χ0n) is 23.2. The molecule has 8 heteroatoms. The van der Waals surface area contributed by atoms with Crippen LogP contribution in [0.15, 0.2) is 103 Å². The second-order valence-electron chi connectivity index (χ2n) is 9.20. The molecule has 0 bridgehead atoms. The third-order valence-corrected chi connectivity index (χ3v) is 5.61. The van der Waals surface area contributed by atoms with E-state index in [0.29, 0.717) is 22.6 Å². The van der Waals surface area contributed by atoms with Crippen LogP contribution < -0.4 is 9.47 Å². The molecule has 0 aliphatic rings. The van der Waals surface area contributed by atoms with E-state index in [4.69, 9.17) is 18.9 Å². The lowest BCUT2D eigenvalue weighted by atomic mass is 9.94. The van der Waals surface area contributed by atoms with Crippen molar-refractivity contribution < 1.29 is 38.1 Å². The molecule has 0 amide bonds. The minimum Gasteiger partial charge on any atom is -0.459 e. The summed E-state index contributed by atoms with van der Waals surface area (Å²) in [4.78, 5) is 48.3.